The highest BCUT2D eigenvalue weighted by atomic mass is 79.9. The largest absolute Gasteiger partial charge is 0.495 e. The zero-order valence-corrected chi connectivity index (χ0v) is 15.9. The molecule has 0 spiro atoms. The van der Waals surface area contributed by atoms with Crippen LogP contribution in [0.3, 0.4) is 0 Å². The number of amides is 1. The van der Waals surface area contributed by atoms with Gasteiger partial charge in [-0.15, -0.1) is 10.2 Å². The summed E-state index contributed by atoms with van der Waals surface area (Å²) in [7, 11) is 3.10. The Bertz CT molecular complexity index is 750. The Morgan fingerprint density at radius 1 is 1.20 bits per heavy atom. The van der Waals surface area contributed by atoms with Gasteiger partial charge in [0, 0.05) is 18.5 Å². The quantitative estimate of drug-likeness (QED) is 0.822. The summed E-state index contributed by atoms with van der Waals surface area (Å²) < 4.78 is 13.4. The number of fused-ring (bicyclic) bond motifs is 1. The SMILES string of the molecule is COc1cc(C(=O)NCc2nnc3n2CCCCC3)cc(OC)c1Br. The molecular formula is C17H21BrN4O3. The van der Waals surface area contributed by atoms with E-state index in [9.17, 15) is 4.79 Å². The van der Waals surface area contributed by atoms with Crippen molar-refractivity contribution in [3.05, 3.63) is 33.8 Å². The van der Waals surface area contributed by atoms with Gasteiger partial charge in [0.15, 0.2) is 5.82 Å². The third-order valence-corrected chi connectivity index (χ3v) is 5.08. The van der Waals surface area contributed by atoms with Gasteiger partial charge in [0.2, 0.25) is 0 Å². The van der Waals surface area contributed by atoms with Gasteiger partial charge >= 0.3 is 0 Å². The standard InChI is InChI=1S/C17H21BrN4O3/c1-24-12-8-11(9-13(25-2)16(12)18)17(23)19-10-15-21-20-14-6-4-3-5-7-22(14)15/h8-9H,3-7,10H2,1-2H3,(H,19,23). The number of methoxy groups -OCH3 is 2. The van der Waals surface area contributed by atoms with E-state index in [1.165, 1.54) is 6.42 Å². The van der Waals surface area contributed by atoms with Gasteiger partial charge in [-0.1, -0.05) is 6.42 Å². The van der Waals surface area contributed by atoms with Crippen LogP contribution in [-0.4, -0.2) is 34.9 Å². The average molecular weight is 409 g/mol. The monoisotopic (exact) mass is 408 g/mol. The minimum atomic E-state index is -0.213. The maximum Gasteiger partial charge on any atom is 0.251 e. The molecule has 0 bridgehead atoms. The number of rotatable bonds is 5. The summed E-state index contributed by atoms with van der Waals surface area (Å²) in [6, 6.07) is 3.35. The van der Waals surface area contributed by atoms with E-state index in [1.54, 1.807) is 26.4 Å². The van der Waals surface area contributed by atoms with Gasteiger partial charge in [-0.05, 0) is 40.9 Å². The molecule has 1 N–H and O–H groups in total. The molecule has 2 aromatic rings. The highest BCUT2D eigenvalue weighted by molar-refractivity contribution is 9.10. The predicted octanol–water partition coefficient (Wildman–Crippen LogP) is 2.71. The van der Waals surface area contributed by atoms with Crippen molar-refractivity contribution in [2.24, 2.45) is 0 Å². The molecule has 0 aliphatic carbocycles. The Balaban J connectivity index is 1.74. The van der Waals surface area contributed by atoms with E-state index in [0.29, 0.717) is 28.1 Å². The molecule has 0 saturated carbocycles. The van der Waals surface area contributed by atoms with Gasteiger partial charge in [-0.3, -0.25) is 4.79 Å². The lowest BCUT2D eigenvalue weighted by atomic mass is 10.2. The lowest BCUT2D eigenvalue weighted by Gasteiger charge is -2.12. The van der Waals surface area contributed by atoms with E-state index >= 15 is 0 Å². The Labute approximate surface area is 154 Å². The summed E-state index contributed by atoms with van der Waals surface area (Å²) in [5.41, 5.74) is 0.465. The van der Waals surface area contributed by atoms with Gasteiger partial charge in [0.25, 0.3) is 5.91 Å². The van der Waals surface area contributed by atoms with Crippen LogP contribution in [-0.2, 0) is 19.5 Å². The number of nitrogens with one attached hydrogen (secondary N) is 1. The van der Waals surface area contributed by atoms with Crippen LogP contribution in [0, 0.1) is 0 Å². The molecule has 1 aliphatic rings. The molecule has 134 valence electrons. The minimum Gasteiger partial charge on any atom is -0.495 e. The molecule has 1 aromatic heterocycles. The number of hydrogen-bond acceptors (Lipinski definition) is 5. The Morgan fingerprint density at radius 3 is 2.60 bits per heavy atom. The predicted molar refractivity (Wildman–Crippen MR) is 96.0 cm³/mol. The number of nitrogens with zero attached hydrogens (tertiary/aromatic N) is 3. The lowest BCUT2D eigenvalue weighted by Crippen LogP contribution is -2.25. The Morgan fingerprint density at radius 2 is 1.92 bits per heavy atom. The number of carbonyl (C=O) groups is 1. The fraction of sp³-hybridized carbons (Fsp3) is 0.471. The number of aromatic nitrogens is 3. The fourth-order valence-electron chi connectivity index (χ4n) is 2.94. The molecule has 2 heterocycles. The molecule has 0 radical (unpaired) electrons. The molecule has 0 atom stereocenters. The van der Waals surface area contributed by atoms with Gasteiger partial charge in [0.1, 0.15) is 21.8 Å². The zero-order chi connectivity index (χ0) is 17.8. The molecule has 25 heavy (non-hydrogen) atoms. The topological polar surface area (TPSA) is 78.3 Å². The number of ether oxygens (including phenoxy) is 2. The molecule has 1 amide bonds. The smallest absolute Gasteiger partial charge is 0.251 e. The fourth-order valence-corrected chi connectivity index (χ4v) is 3.49. The van der Waals surface area contributed by atoms with Crippen LogP contribution in [0.1, 0.15) is 41.3 Å². The van der Waals surface area contributed by atoms with Gasteiger partial charge in [0.05, 0.1) is 20.8 Å². The average Bonchev–Trinajstić information content (AvgIpc) is 2.86. The molecule has 8 heteroatoms. The second-order valence-corrected chi connectivity index (χ2v) is 6.67. The van der Waals surface area contributed by atoms with Crippen molar-refractivity contribution in [3.63, 3.8) is 0 Å². The van der Waals surface area contributed by atoms with Crippen LogP contribution in [0.15, 0.2) is 16.6 Å². The van der Waals surface area contributed by atoms with Crippen LogP contribution in [0.25, 0.3) is 0 Å². The summed E-state index contributed by atoms with van der Waals surface area (Å²) >= 11 is 3.40. The van der Waals surface area contributed by atoms with Crippen molar-refractivity contribution in [1.82, 2.24) is 20.1 Å². The first-order valence-electron chi connectivity index (χ1n) is 8.24. The van der Waals surface area contributed by atoms with Crippen LogP contribution in [0.5, 0.6) is 11.5 Å². The first-order valence-corrected chi connectivity index (χ1v) is 9.04. The molecule has 3 rings (SSSR count). The normalized spacial score (nSPS) is 13.7. The molecule has 0 fully saturated rings. The van der Waals surface area contributed by atoms with Crippen molar-refractivity contribution < 1.29 is 14.3 Å². The lowest BCUT2D eigenvalue weighted by molar-refractivity contribution is 0.0948. The molecule has 1 aromatic carbocycles. The maximum atomic E-state index is 12.5. The number of benzene rings is 1. The van der Waals surface area contributed by atoms with Crippen molar-refractivity contribution in [2.75, 3.05) is 14.2 Å². The van der Waals surface area contributed by atoms with Crippen LogP contribution < -0.4 is 14.8 Å². The molecule has 7 nitrogen and oxygen atoms in total. The van der Waals surface area contributed by atoms with E-state index in [-0.39, 0.29) is 5.91 Å². The maximum absolute atomic E-state index is 12.5. The first kappa shape index (κ1) is 17.7. The van der Waals surface area contributed by atoms with E-state index < -0.39 is 0 Å². The summed E-state index contributed by atoms with van der Waals surface area (Å²) in [5, 5.41) is 11.4. The van der Waals surface area contributed by atoms with Gasteiger partial charge in [-0.2, -0.15) is 0 Å². The second-order valence-electron chi connectivity index (χ2n) is 5.87. The number of aryl methyl sites for hydroxylation is 1. The van der Waals surface area contributed by atoms with E-state index in [4.69, 9.17) is 9.47 Å². The number of carbonyl (C=O) groups excluding carboxylic acids is 1. The molecular weight excluding hydrogens is 388 g/mol. The van der Waals surface area contributed by atoms with Gasteiger partial charge < -0.3 is 19.4 Å². The third kappa shape index (κ3) is 3.78. The molecule has 0 saturated heterocycles. The van der Waals surface area contributed by atoms with E-state index in [0.717, 1.165) is 37.5 Å². The zero-order valence-electron chi connectivity index (χ0n) is 14.3. The first-order chi connectivity index (χ1) is 12.1. The van der Waals surface area contributed by atoms with Crippen molar-refractivity contribution >= 4 is 21.8 Å². The van der Waals surface area contributed by atoms with E-state index in [1.807, 2.05) is 0 Å². The molecule has 0 unspecified atom stereocenters. The van der Waals surface area contributed by atoms with Crippen LogP contribution in [0.4, 0.5) is 0 Å². The summed E-state index contributed by atoms with van der Waals surface area (Å²) in [5.74, 6) is 2.67. The van der Waals surface area contributed by atoms with Gasteiger partial charge in [-0.25, -0.2) is 0 Å². The minimum absolute atomic E-state index is 0.213. The summed E-state index contributed by atoms with van der Waals surface area (Å²) in [4.78, 5) is 12.5. The summed E-state index contributed by atoms with van der Waals surface area (Å²) in [6.45, 7) is 1.25. The number of halogens is 1. The van der Waals surface area contributed by atoms with E-state index in [2.05, 4.69) is 36.0 Å². The van der Waals surface area contributed by atoms with Crippen molar-refractivity contribution in [1.29, 1.82) is 0 Å². The highest BCUT2D eigenvalue weighted by Gasteiger charge is 2.17. The van der Waals surface area contributed by atoms with Crippen LogP contribution >= 0.6 is 15.9 Å². The Kier molecular flexibility index (Phi) is 5.57. The third-order valence-electron chi connectivity index (χ3n) is 4.30. The highest BCUT2D eigenvalue weighted by Crippen LogP contribution is 2.35. The second kappa shape index (κ2) is 7.86. The van der Waals surface area contributed by atoms with Crippen molar-refractivity contribution in [2.45, 2.75) is 38.8 Å². The summed E-state index contributed by atoms with van der Waals surface area (Å²) in [6.07, 6.45) is 4.41. The van der Waals surface area contributed by atoms with Crippen LogP contribution in [0.2, 0.25) is 0 Å². The molecule has 1 aliphatic heterocycles. The Hall–Kier alpha value is -2.09. The van der Waals surface area contributed by atoms with Crippen molar-refractivity contribution in [3.8, 4) is 11.5 Å². The number of hydrogen-bond donors (Lipinski definition) is 1.